The Hall–Kier alpha value is -2.71. The van der Waals surface area contributed by atoms with Gasteiger partial charge in [-0.15, -0.1) is 0 Å². The zero-order valence-corrected chi connectivity index (χ0v) is 29.4. The zero-order chi connectivity index (χ0) is 30.8. The van der Waals surface area contributed by atoms with Crippen LogP contribution in [-0.4, -0.2) is 104 Å². The van der Waals surface area contributed by atoms with Gasteiger partial charge in [0.2, 0.25) is 5.78 Å². The van der Waals surface area contributed by atoms with Crippen LogP contribution in [0.3, 0.4) is 0 Å². The van der Waals surface area contributed by atoms with Gasteiger partial charge in [-0.2, -0.15) is 10.1 Å². The first-order valence-corrected chi connectivity index (χ1v) is 15.3. The van der Waals surface area contributed by atoms with E-state index in [-0.39, 0.29) is 75.7 Å². The predicted molar refractivity (Wildman–Crippen MR) is 171 cm³/mol. The molecule has 0 bridgehead atoms. The van der Waals surface area contributed by atoms with Crippen molar-refractivity contribution < 1.29 is 14.4 Å². The summed E-state index contributed by atoms with van der Waals surface area (Å²) in [6, 6.07) is 15.8. The number of nitrogens with zero attached hydrogens (tertiary/aromatic N) is 5. The Balaban J connectivity index is 0.00000400. The minimum atomic E-state index is -0.871. The number of benzene rings is 2. The van der Waals surface area contributed by atoms with Crippen molar-refractivity contribution in [2.75, 3.05) is 6.61 Å². The summed E-state index contributed by atoms with van der Waals surface area (Å²) in [6.07, 6.45) is 6.84. The normalized spacial score (nSPS) is 17.0. The van der Waals surface area contributed by atoms with Gasteiger partial charge >= 0.3 is 5.76 Å². The number of fused-ring (bicyclic) bond motifs is 1. The fourth-order valence-electron chi connectivity index (χ4n) is 6.16. The molecule has 12 heteroatoms. The van der Waals surface area contributed by atoms with Crippen LogP contribution in [0.2, 0.25) is 0 Å². The molecule has 3 aromatic heterocycles. The van der Waals surface area contributed by atoms with E-state index in [4.69, 9.17) is 9.26 Å². The van der Waals surface area contributed by atoms with Gasteiger partial charge in [0, 0.05) is 75.0 Å². The van der Waals surface area contributed by atoms with E-state index in [1.807, 2.05) is 57.6 Å². The molecule has 231 valence electrons. The van der Waals surface area contributed by atoms with E-state index in [1.165, 1.54) is 6.33 Å². The van der Waals surface area contributed by atoms with E-state index in [2.05, 4.69) is 27.1 Å². The van der Waals surface area contributed by atoms with Crippen LogP contribution < -0.4 is 11.3 Å². The topological polar surface area (TPSA) is 141 Å². The molecular formula is C33H38KN6O5. The first-order chi connectivity index (χ1) is 21.2. The van der Waals surface area contributed by atoms with E-state index < -0.39 is 11.4 Å². The Bertz CT molecular complexity index is 1860. The fourth-order valence-corrected chi connectivity index (χ4v) is 6.16. The van der Waals surface area contributed by atoms with Crippen molar-refractivity contribution >= 4 is 57.2 Å². The summed E-state index contributed by atoms with van der Waals surface area (Å²) in [7, 11) is 0. The number of hydrogen-bond donors (Lipinski definition) is 2. The van der Waals surface area contributed by atoms with Gasteiger partial charge < -0.3 is 9.84 Å². The molecule has 2 aromatic carbocycles. The van der Waals surface area contributed by atoms with Gasteiger partial charge in [0.25, 0.3) is 5.56 Å². The van der Waals surface area contributed by atoms with Crippen molar-refractivity contribution in [3.63, 3.8) is 0 Å². The van der Waals surface area contributed by atoms with E-state index in [9.17, 15) is 14.7 Å². The molecule has 1 radical (unpaired) electrons. The average molecular weight is 638 g/mol. The van der Waals surface area contributed by atoms with Crippen LogP contribution in [0.4, 0.5) is 0 Å². The summed E-state index contributed by atoms with van der Waals surface area (Å²) in [5, 5.41) is 18.5. The molecule has 0 unspecified atom stereocenters. The maximum Gasteiger partial charge on any atom is 0.439 e. The molecule has 0 spiro atoms. The van der Waals surface area contributed by atoms with Crippen LogP contribution in [0, 0.1) is 0 Å². The Labute approximate surface area is 303 Å². The minimum Gasteiger partial charge on any atom is -0.388 e. The molecule has 1 aliphatic carbocycles. The van der Waals surface area contributed by atoms with Gasteiger partial charge in [0.15, 0.2) is 5.82 Å². The van der Waals surface area contributed by atoms with Crippen LogP contribution in [0.15, 0.2) is 69.0 Å². The Kier molecular flexibility index (Phi) is 10.7. The first-order valence-electron chi connectivity index (χ1n) is 15.3. The van der Waals surface area contributed by atoms with Crippen molar-refractivity contribution in [2.24, 2.45) is 0 Å². The smallest absolute Gasteiger partial charge is 0.388 e. The Morgan fingerprint density at radius 3 is 2.40 bits per heavy atom. The van der Waals surface area contributed by atoms with Gasteiger partial charge in [-0.05, 0) is 62.6 Å². The van der Waals surface area contributed by atoms with Crippen molar-refractivity contribution in [3.8, 4) is 22.5 Å². The first kappa shape index (κ1) is 33.6. The van der Waals surface area contributed by atoms with Crippen molar-refractivity contribution in [2.45, 2.75) is 83.5 Å². The minimum absolute atomic E-state index is 0. The predicted octanol–water partition coefficient (Wildman–Crippen LogP) is 4.34. The van der Waals surface area contributed by atoms with Gasteiger partial charge in [-0.3, -0.25) is 18.9 Å². The standard InChI is InChI=1S/C33H38N6O5.K/c1-4-7-28-27(18-21-10-12-22(13-11-21)25-8-5-6-9-26(25)29-36-32(41)44-37-29)30(40)38(31-34-20-35-39(28)31)23-14-16-24(17-15-23)43-19-33(2,3)42;/h5-6,8-13,20,23-24,42H,4,7,14-19H2,1-3H3,(H,36,37,41);. The van der Waals surface area contributed by atoms with Crippen LogP contribution in [0.5, 0.6) is 0 Å². The molecule has 11 nitrogen and oxygen atoms in total. The number of hydrogen-bond acceptors (Lipinski definition) is 8. The van der Waals surface area contributed by atoms with Crippen LogP contribution >= 0.6 is 0 Å². The van der Waals surface area contributed by atoms with Gasteiger partial charge in [-0.25, -0.2) is 9.31 Å². The zero-order valence-electron chi connectivity index (χ0n) is 26.3. The quantitative estimate of drug-likeness (QED) is 0.216. The number of aromatic amines is 1. The SMILES string of the molecule is CCCc1c(Cc2ccc(-c3ccccc3-c3noc(=O)[nH]3)cc2)c(=O)n(C2CCC(OCC(C)(C)O)CC2)c2ncnn12.[K]. The van der Waals surface area contributed by atoms with Crippen molar-refractivity contribution in [1.29, 1.82) is 0 Å². The number of aryl methyl sites for hydroxylation is 1. The van der Waals surface area contributed by atoms with Crippen LogP contribution in [-0.2, 0) is 17.6 Å². The van der Waals surface area contributed by atoms with Gasteiger partial charge in [-0.1, -0.05) is 67.0 Å². The maximum absolute atomic E-state index is 14.3. The third-order valence-corrected chi connectivity index (χ3v) is 8.26. The molecule has 1 fully saturated rings. The second kappa shape index (κ2) is 14.4. The molecule has 1 aliphatic rings. The number of aliphatic hydroxyl groups is 1. The average Bonchev–Trinajstić information content (AvgIpc) is 3.68. The molecule has 5 aromatic rings. The number of rotatable bonds is 10. The Morgan fingerprint density at radius 2 is 1.76 bits per heavy atom. The molecule has 45 heavy (non-hydrogen) atoms. The molecule has 3 heterocycles. The molecule has 6 rings (SSSR count). The molecule has 0 saturated heterocycles. The number of ether oxygens (including phenoxy) is 1. The van der Waals surface area contributed by atoms with Crippen LogP contribution in [0.1, 0.15) is 75.7 Å². The largest absolute Gasteiger partial charge is 0.439 e. The molecule has 0 atom stereocenters. The molecule has 0 amide bonds. The van der Waals surface area contributed by atoms with E-state index >= 15 is 0 Å². The van der Waals surface area contributed by atoms with Crippen LogP contribution in [0.25, 0.3) is 28.3 Å². The summed E-state index contributed by atoms with van der Waals surface area (Å²) in [6.45, 7) is 5.87. The monoisotopic (exact) mass is 637 g/mol. The molecular weight excluding hydrogens is 599 g/mol. The summed E-state index contributed by atoms with van der Waals surface area (Å²) in [4.78, 5) is 33.0. The third-order valence-electron chi connectivity index (χ3n) is 8.26. The second-order valence-corrected chi connectivity index (χ2v) is 12.2. The maximum atomic E-state index is 14.3. The number of H-pyrrole nitrogens is 1. The van der Waals surface area contributed by atoms with E-state index in [0.717, 1.165) is 65.6 Å². The second-order valence-electron chi connectivity index (χ2n) is 12.2. The summed E-state index contributed by atoms with van der Waals surface area (Å²) in [5.74, 6) is 0.356. The van der Waals surface area contributed by atoms with Crippen molar-refractivity contribution in [3.05, 3.63) is 92.6 Å². The van der Waals surface area contributed by atoms with E-state index in [1.54, 1.807) is 13.8 Å². The number of nitrogens with one attached hydrogen (secondary N) is 1. The Morgan fingerprint density at radius 1 is 1.04 bits per heavy atom. The van der Waals surface area contributed by atoms with Crippen molar-refractivity contribution in [1.82, 2.24) is 29.3 Å². The summed E-state index contributed by atoms with van der Waals surface area (Å²) in [5.41, 5.74) is 4.37. The summed E-state index contributed by atoms with van der Waals surface area (Å²) >= 11 is 0. The van der Waals surface area contributed by atoms with E-state index in [0.29, 0.717) is 24.4 Å². The number of aromatic nitrogens is 6. The summed E-state index contributed by atoms with van der Waals surface area (Å²) < 4.78 is 14.4. The molecule has 1 saturated carbocycles. The van der Waals surface area contributed by atoms with Gasteiger partial charge in [0.05, 0.1) is 24.0 Å². The fraction of sp³-hybridized carbons (Fsp3) is 0.424. The molecule has 0 aliphatic heterocycles. The third kappa shape index (κ3) is 7.48. The molecule has 2 N–H and O–H groups in total. The van der Waals surface area contributed by atoms with Gasteiger partial charge in [0.1, 0.15) is 6.33 Å².